The summed E-state index contributed by atoms with van der Waals surface area (Å²) in [5.41, 5.74) is 3.09. The van der Waals surface area contributed by atoms with Crippen molar-refractivity contribution in [1.82, 2.24) is 19.6 Å². The molecule has 0 radical (unpaired) electrons. The Balaban J connectivity index is 1.55. The third-order valence-electron chi connectivity index (χ3n) is 4.67. The molecule has 1 saturated carbocycles. The fraction of sp³-hybridized carbons (Fsp3) is 0.222. The first-order valence-corrected chi connectivity index (χ1v) is 9.80. The van der Waals surface area contributed by atoms with Gasteiger partial charge in [-0.3, -0.25) is 5.01 Å². The summed E-state index contributed by atoms with van der Waals surface area (Å²) in [6, 6.07) is 2.86. The molecule has 4 rings (SSSR count). The topological polar surface area (TPSA) is 139 Å². The molecule has 0 aliphatic heterocycles. The highest BCUT2D eigenvalue weighted by molar-refractivity contribution is 6.34. The maximum atomic E-state index is 12.6. The van der Waals surface area contributed by atoms with Gasteiger partial charge >= 0.3 is 6.03 Å². The van der Waals surface area contributed by atoms with Gasteiger partial charge in [0.2, 0.25) is 0 Å². The monoisotopic (exact) mass is 447 g/mol. The van der Waals surface area contributed by atoms with E-state index in [0.29, 0.717) is 28.0 Å². The second-order valence-electron chi connectivity index (χ2n) is 6.90. The molecule has 156 valence electrons. The predicted molar refractivity (Wildman–Crippen MR) is 117 cm³/mol. The number of amides is 2. The molecule has 2 amide bonds. The minimum Gasteiger partial charge on any atom is -0.321 e. The number of nitrogens with zero attached hydrogens (tertiary/aromatic N) is 5. The molecule has 0 aromatic carbocycles. The van der Waals surface area contributed by atoms with Crippen LogP contribution < -0.4 is 22.3 Å². The van der Waals surface area contributed by atoms with E-state index in [4.69, 9.17) is 34.9 Å². The number of hydrazine groups is 1. The molecule has 1 fully saturated rings. The van der Waals surface area contributed by atoms with Crippen LogP contribution in [0.1, 0.15) is 30.0 Å². The van der Waals surface area contributed by atoms with E-state index in [9.17, 15) is 4.79 Å². The van der Waals surface area contributed by atoms with Crippen LogP contribution in [-0.4, -0.2) is 38.5 Å². The van der Waals surface area contributed by atoms with Gasteiger partial charge in [-0.15, -0.1) is 0 Å². The number of carbonyl (C=O) groups excluding carboxylic acids is 1. The van der Waals surface area contributed by atoms with Gasteiger partial charge in [0.25, 0.3) is 0 Å². The van der Waals surface area contributed by atoms with E-state index in [1.807, 2.05) is 0 Å². The quantitative estimate of drug-likeness (QED) is 0.210. The van der Waals surface area contributed by atoms with Crippen molar-refractivity contribution in [1.29, 1.82) is 0 Å². The van der Waals surface area contributed by atoms with Crippen molar-refractivity contribution in [2.24, 2.45) is 16.8 Å². The average molecular weight is 448 g/mol. The summed E-state index contributed by atoms with van der Waals surface area (Å²) in [7, 11) is 1.56. The Labute approximate surface area is 181 Å². The van der Waals surface area contributed by atoms with Crippen LogP contribution in [0.3, 0.4) is 0 Å². The van der Waals surface area contributed by atoms with E-state index in [1.54, 1.807) is 30.0 Å². The van der Waals surface area contributed by atoms with Gasteiger partial charge in [0, 0.05) is 18.8 Å². The predicted octanol–water partition coefficient (Wildman–Crippen LogP) is 2.98. The smallest absolute Gasteiger partial charge is 0.321 e. The van der Waals surface area contributed by atoms with Gasteiger partial charge in [-0.1, -0.05) is 23.2 Å². The van der Waals surface area contributed by atoms with E-state index in [1.165, 1.54) is 17.3 Å². The molecule has 6 N–H and O–H groups in total. The maximum absolute atomic E-state index is 12.6. The Morgan fingerprint density at radius 1 is 1.30 bits per heavy atom. The van der Waals surface area contributed by atoms with Crippen LogP contribution in [0.5, 0.6) is 0 Å². The number of anilines is 2. The Kier molecular flexibility index (Phi) is 5.37. The van der Waals surface area contributed by atoms with Crippen LogP contribution in [-0.2, 0) is 0 Å². The molecule has 0 atom stereocenters. The van der Waals surface area contributed by atoms with Crippen molar-refractivity contribution in [3.63, 3.8) is 0 Å². The SMILES string of the molecule is CN(N)/C(=N\N)c1ncc(NC(=O)Nc2cnn3ccc(Cl)c3c2C2CC2)cc1Cl. The summed E-state index contributed by atoms with van der Waals surface area (Å²) < 4.78 is 1.71. The molecule has 3 heterocycles. The van der Waals surface area contributed by atoms with Crippen molar-refractivity contribution in [3.8, 4) is 0 Å². The van der Waals surface area contributed by atoms with E-state index in [0.717, 1.165) is 23.9 Å². The zero-order valence-electron chi connectivity index (χ0n) is 15.9. The zero-order valence-corrected chi connectivity index (χ0v) is 17.4. The Morgan fingerprint density at radius 2 is 2.07 bits per heavy atom. The average Bonchev–Trinajstić information content (AvgIpc) is 3.46. The lowest BCUT2D eigenvalue weighted by molar-refractivity contribution is 0.262. The number of hydrogen-bond acceptors (Lipinski definition) is 6. The van der Waals surface area contributed by atoms with Gasteiger partial charge in [-0.25, -0.2) is 20.1 Å². The first kappa shape index (κ1) is 20.2. The highest BCUT2D eigenvalue weighted by atomic mass is 35.5. The van der Waals surface area contributed by atoms with Crippen molar-refractivity contribution < 1.29 is 4.79 Å². The molecule has 0 unspecified atom stereocenters. The van der Waals surface area contributed by atoms with Gasteiger partial charge in [0.05, 0.1) is 39.3 Å². The number of nitrogens with two attached hydrogens (primary N) is 2. The first-order chi connectivity index (χ1) is 14.4. The summed E-state index contributed by atoms with van der Waals surface area (Å²) in [6.07, 6.45) is 6.92. The maximum Gasteiger partial charge on any atom is 0.323 e. The highest BCUT2D eigenvalue weighted by Gasteiger charge is 2.30. The third-order valence-corrected chi connectivity index (χ3v) is 5.27. The van der Waals surface area contributed by atoms with Gasteiger partial charge in [-0.05, 0) is 30.9 Å². The highest BCUT2D eigenvalue weighted by Crippen LogP contribution is 2.46. The standard InChI is InChI=1S/C18H19Cl2N9O/c1-28(22)17(27-21)15-12(20)6-10(7-23-15)25-18(30)26-13-8-24-29-5-4-11(19)16(29)14(13)9-2-3-9/h4-9H,2-3,21-22H2,1H3,(H2,25,26,30)/b27-17-. The molecular formula is C18H19Cl2N9O. The van der Waals surface area contributed by atoms with Crippen molar-refractivity contribution in [2.45, 2.75) is 18.8 Å². The van der Waals surface area contributed by atoms with Crippen molar-refractivity contribution in [2.75, 3.05) is 17.7 Å². The molecule has 0 spiro atoms. The number of pyridine rings is 1. The van der Waals surface area contributed by atoms with Crippen LogP contribution in [0, 0.1) is 0 Å². The van der Waals surface area contributed by atoms with E-state index in [-0.39, 0.29) is 10.9 Å². The number of fused-ring (bicyclic) bond motifs is 1. The van der Waals surface area contributed by atoms with Crippen LogP contribution in [0.2, 0.25) is 10.0 Å². The van der Waals surface area contributed by atoms with Gasteiger partial charge < -0.3 is 16.5 Å². The van der Waals surface area contributed by atoms with Crippen LogP contribution in [0.25, 0.3) is 5.52 Å². The number of aromatic nitrogens is 3. The Bertz CT molecular complexity index is 1150. The van der Waals surface area contributed by atoms with Crippen LogP contribution in [0.4, 0.5) is 16.2 Å². The van der Waals surface area contributed by atoms with Crippen LogP contribution in [0.15, 0.2) is 35.8 Å². The minimum absolute atomic E-state index is 0.202. The molecule has 1 aliphatic rings. The molecular weight excluding hydrogens is 429 g/mol. The normalized spacial score (nSPS) is 14.1. The summed E-state index contributed by atoms with van der Waals surface area (Å²) in [4.78, 5) is 16.8. The van der Waals surface area contributed by atoms with Crippen LogP contribution >= 0.6 is 23.2 Å². The lowest BCUT2D eigenvalue weighted by atomic mass is 10.1. The summed E-state index contributed by atoms with van der Waals surface area (Å²) in [5, 5.41) is 15.5. The number of hydrogen-bond donors (Lipinski definition) is 4. The molecule has 3 aromatic heterocycles. The van der Waals surface area contributed by atoms with Gasteiger partial charge in [0.1, 0.15) is 5.69 Å². The third kappa shape index (κ3) is 3.84. The van der Waals surface area contributed by atoms with E-state index >= 15 is 0 Å². The molecule has 0 saturated heterocycles. The lowest BCUT2D eigenvalue weighted by Gasteiger charge is -2.16. The van der Waals surface area contributed by atoms with Crippen molar-refractivity contribution >= 4 is 52.0 Å². The number of urea groups is 1. The van der Waals surface area contributed by atoms with Crippen molar-refractivity contribution in [3.05, 3.63) is 52.0 Å². The number of amidine groups is 1. The fourth-order valence-corrected chi connectivity index (χ4v) is 3.72. The number of halogens is 2. The summed E-state index contributed by atoms with van der Waals surface area (Å²) in [6.45, 7) is 0. The van der Waals surface area contributed by atoms with Gasteiger partial charge in [0.15, 0.2) is 5.84 Å². The number of hydrazone groups is 1. The Morgan fingerprint density at radius 3 is 2.70 bits per heavy atom. The summed E-state index contributed by atoms with van der Waals surface area (Å²) >= 11 is 12.6. The number of nitrogens with one attached hydrogen (secondary N) is 2. The van der Waals surface area contributed by atoms with Gasteiger partial charge in [-0.2, -0.15) is 10.2 Å². The number of carbonyl (C=O) groups is 1. The lowest BCUT2D eigenvalue weighted by Crippen LogP contribution is -2.35. The molecule has 0 bridgehead atoms. The second-order valence-corrected chi connectivity index (χ2v) is 7.71. The molecule has 10 nitrogen and oxygen atoms in total. The zero-order chi connectivity index (χ0) is 21.4. The largest absolute Gasteiger partial charge is 0.323 e. The minimum atomic E-state index is -0.458. The molecule has 3 aromatic rings. The fourth-order valence-electron chi connectivity index (χ4n) is 3.22. The first-order valence-electron chi connectivity index (χ1n) is 9.05. The Hall–Kier alpha value is -3.08. The summed E-state index contributed by atoms with van der Waals surface area (Å²) in [5.74, 6) is 11.5. The molecule has 12 heteroatoms. The number of rotatable bonds is 4. The van der Waals surface area contributed by atoms with E-state index in [2.05, 4.69) is 25.8 Å². The molecule has 30 heavy (non-hydrogen) atoms. The van der Waals surface area contributed by atoms with E-state index < -0.39 is 6.03 Å². The second kappa shape index (κ2) is 7.98. The molecule has 1 aliphatic carbocycles.